The second-order valence-electron chi connectivity index (χ2n) is 7.83. The lowest BCUT2D eigenvalue weighted by atomic mass is 10.1. The number of nitrogen functional groups attached to an aromatic ring is 1. The highest BCUT2D eigenvalue weighted by molar-refractivity contribution is 6.61. The van der Waals surface area contributed by atoms with Crippen LogP contribution >= 0.6 is 11.6 Å². The van der Waals surface area contributed by atoms with Gasteiger partial charge in [0.05, 0.1) is 23.4 Å². The Hall–Kier alpha value is -4.93. The van der Waals surface area contributed by atoms with Crippen molar-refractivity contribution in [2.24, 2.45) is 0 Å². The molecule has 0 fully saturated rings. The molecule has 1 aromatic heterocycles. The Balaban J connectivity index is 0.000000205. The van der Waals surface area contributed by atoms with Gasteiger partial charge in [-0.2, -0.15) is 10.2 Å². The molecule has 8 heteroatoms. The normalized spacial score (nSPS) is 9.28. The third kappa shape index (κ3) is 10.9. The zero-order valence-corrected chi connectivity index (χ0v) is 22.4. The van der Waals surface area contributed by atoms with Crippen molar-refractivity contribution >= 4 is 33.6 Å². The van der Waals surface area contributed by atoms with Gasteiger partial charge in [0, 0.05) is 28.2 Å². The standard InChI is InChI=1S/C14H10N2O.C7H6N2.C7H8.C3H5ClO2/c17-14-15-12-9-5-4-8-11(12)13(16-14)10-6-2-1-3-7-10;8-5-6-3-1-2-4-7(6)9;1-7-5-3-2-4-6-7;1-2-6-3(4)5/h1-9H,(H,15,16,17);1-4H,9H2;2-6H,1H3;2H2,1H3. The number of hydrogen-bond donors (Lipinski definition) is 2. The van der Waals surface area contributed by atoms with E-state index in [0.29, 0.717) is 17.9 Å². The molecule has 0 aliphatic heterocycles. The Morgan fingerprint density at radius 1 is 0.923 bits per heavy atom. The molecule has 3 N–H and O–H groups in total. The number of rotatable bonds is 2. The van der Waals surface area contributed by atoms with Gasteiger partial charge in [-0.1, -0.05) is 96.6 Å². The number of nitrogens with one attached hydrogen (secondary N) is 1. The second kappa shape index (κ2) is 16.7. The minimum atomic E-state index is -0.738. The van der Waals surface area contributed by atoms with Gasteiger partial charge in [0.2, 0.25) is 0 Å². The van der Waals surface area contributed by atoms with Gasteiger partial charge in [-0.15, -0.1) is 0 Å². The third-order valence-corrected chi connectivity index (χ3v) is 5.07. The van der Waals surface area contributed by atoms with E-state index in [1.165, 1.54) is 5.56 Å². The highest BCUT2D eigenvalue weighted by Gasteiger charge is 2.06. The summed E-state index contributed by atoms with van der Waals surface area (Å²) in [6, 6.07) is 36.6. The third-order valence-electron chi connectivity index (χ3n) is 4.96. The van der Waals surface area contributed by atoms with E-state index >= 15 is 0 Å². The lowest BCUT2D eigenvalue weighted by Crippen LogP contribution is -2.11. The summed E-state index contributed by atoms with van der Waals surface area (Å²) in [6.07, 6.45) is 0. The smallest absolute Gasteiger partial charge is 0.403 e. The Morgan fingerprint density at radius 3 is 1.97 bits per heavy atom. The van der Waals surface area contributed by atoms with Crippen LogP contribution in [0.4, 0.5) is 10.5 Å². The van der Waals surface area contributed by atoms with Crippen LogP contribution in [0.1, 0.15) is 18.1 Å². The minimum absolute atomic E-state index is 0.317. The average Bonchev–Trinajstić information content (AvgIpc) is 2.95. The highest BCUT2D eigenvalue weighted by atomic mass is 35.5. The van der Waals surface area contributed by atoms with Gasteiger partial charge >= 0.3 is 11.1 Å². The molecule has 198 valence electrons. The van der Waals surface area contributed by atoms with E-state index in [-0.39, 0.29) is 5.69 Å². The summed E-state index contributed by atoms with van der Waals surface area (Å²) in [5.41, 5.74) is 9.25. The molecule has 0 aliphatic carbocycles. The fraction of sp³-hybridized carbons (Fsp3) is 0.0968. The molecule has 0 unspecified atom stereocenters. The Labute approximate surface area is 232 Å². The van der Waals surface area contributed by atoms with E-state index in [2.05, 4.69) is 33.8 Å². The van der Waals surface area contributed by atoms with Crippen molar-refractivity contribution in [2.75, 3.05) is 12.3 Å². The first-order chi connectivity index (χ1) is 18.8. The summed E-state index contributed by atoms with van der Waals surface area (Å²) in [5, 5.41) is 9.35. The fourth-order valence-corrected chi connectivity index (χ4v) is 3.28. The van der Waals surface area contributed by atoms with E-state index in [0.717, 1.165) is 22.2 Å². The molecule has 5 aromatic rings. The van der Waals surface area contributed by atoms with Crippen LogP contribution in [-0.4, -0.2) is 22.0 Å². The number of halogens is 1. The van der Waals surface area contributed by atoms with Crippen molar-refractivity contribution in [1.29, 1.82) is 5.26 Å². The number of H-pyrrole nitrogens is 1. The van der Waals surface area contributed by atoms with E-state index < -0.39 is 5.43 Å². The van der Waals surface area contributed by atoms with Crippen molar-refractivity contribution in [3.63, 3.8) is 0 Å². The van der Waals surface area contributed by atoms with Crippen molar-refractivity contribution in [3.05, 3.63) is 131 Å². The first-order valence-electron chi connectivity index (χ1n) is 12.0. The van der Waals surface area contributed by atoms with Crippen molar-refractivity contribution in [2.45, 2.75) is 13.8 Å². The number of anilines is 1. The predicted molar refractivity (Wildman–Crippen MR) is 157 cm³/mol. The van der Waals surface area contributed by atoms with Gasteiger partial charge in [-0.25, -0.2) is 9.59 Å². The number of aromatic amines is 1. The van der Waals surface area contributed by atoms with Crippen molar-refractivity contribution in [1.82, 2.24) is 9.97 Å². The van der Waals surface area contributed by atoms with Crippen LogP contribution in [0.5, 0.6) is 0 Å². The van der Waals surface area contributed by atoms with Gasteiger partial charge in [-0.3, -0.25) is 0 Å². The van der Waals surface area contributed by atoms with Crippen molar-refractivity contribution < 1.29 is 9.53 Å². The Bertz CT molecular complexity index is 1550. The SMILES string of the molecule is CCOC(=O)Cl.Cc1ccccc1.N#Cc1ccccc1N.O=c1nc(-c2ccccc2)c2ccccc2[nH]1. The molecule has 5 rings (SSSR count). The number of hydrogen-bond acceptors (Lipinski definition) is 6. The van der Waals surface area contributed by atoms with E-state index in [4.69, 9.17) is 22.6 Å². The second-order valence-corrected chi connectivity index (χ2v) is 8.14. The molecule has 0 amide bonds. The largest absolute Gasteiger partial charge is 0.454 e. The van der Waals surface area contributed by atoms with Crippen LogP contribution in [0.3, 0.4) is 0 Å². The zero-order chi connectivity index (χ0) is 28.5. The highest BCUT2D eigenvalue weighted by Crippen LogP contribution is 2.23. The molecule has 0 radical (unpaired) electrons. The molecular formula is C31H29ClN4O3. The number of ether oxygens (including phenoxy) is 1. The summed E-state index contributed by atoms with van der Waals surface area (Å²) >= 11 is 4.72. The lowest BCUT2D eigenvalue weighted by molar-refractivity contribution is 0.180. The fourth-order valence-electron chi connectivity index (χ4n) is 3.17. The molecule has 0 saturated carbocycles. The zero-order valence-electron chi connectivity index (χ0n) is 21.7. The molecule has 1 heterocycles. The van der Waals surface area contributed by atoms with Crippen LogP contribution in [0.25, 0.3) is 22.2 Å². The summed E-state index contributed by atoms with van der Waals surface area (Å²) < 4.78 is 4.17. The number of nitriles is 1. The molecule has 39 heavy (non-hydrogen) atoms. The van der Waals surface area contributed by atoms with Crippen LogP contribution in [0.15, 0.2) is 114 Å². The number of para-hydroxylation sites is 2. The van der Waals surface area contributed by atoms with Gasteiger partial charge in [0.1, 0.15) is 6.07 Å². The van der Waals surface area contributed by atoms with E-state index in [1.807, 2.05) is 78.9 Å². The predicted octanol–water partition coefficient (Wildman–Crippen LogP) is 7.11. The molecule has 0 aliphatic rings. The summed E-state index contributed by atoms with van der Waals surface area (Å²) in [7, 11) is 0. The number of aryl methyl sites for hydroxylation is 1. The number of carbonyl (C=O) groups excluding carboxylic acids is 1. The topological polar surface area (TPSA) is 122 Å². The summed E-state index contributed by atoms with van der Waals surface area (Å²) in [5.74, 6) is 0. The minimum Gasteiger partial charge on any atom is -0.454 e. The molecule has 4 aromatic carbocycles. The number of benzene rings is 4. The van der Waals surface area contributed by atoms with Gasteiger partial charge < -0.3 is 15.5 Å². The molecule has 0 saturated heterocycles. The van der Waals surface area contributed by atoms with E-state index in [1.54, 1.807) is 31.2 Å². The molecule has 7 nitrogen and oxygen atoms in total. The number of fused-ring (bicyclic) bond motifs is 1. The first-order valence-corrected chi connectivity index (χ1v) is 12.4. The van der Waals surface area contributed by atoms with E-state index in [9.17, 15) is 9.59 Å². The quantitative estimate of drug-likeness (QED) is 0.182. The van der Waals surface area contributed by atoms with Crippen LogP contribution in [-0.2, 0) is 4.74 Å². The lowest BCUT2D eigenvalue weighted by Gasteiger charge is -2.04. The summed E-state index contributed by atoms with van der Waals surface area (Å²) in [4.78, 5) is 27.9. The maximum Gasteiger partial charge on any atom is 0.403 e. The van der Waals surface area contributed by atoms with Gasteiger partial charge in [0.25, 0.3) is 0 Å². The maximum absolute atomic E-state index is 11.5. The van der Waals surface area contributed by atoms with Gasteiger partial charge in [-0.05, 0) is 32.0 Å². The monoisotopic (exact) mass is 540 g/mol. The maximum atomic E-state index is 11.5. The molecule has 0 spiro atoms. The van der Waals surface area contributed by atoms with Crippen LogP contribution in [0, 0.1) is 18.3 Å². The number of nitrogens with two attached hydrogens (primary N) is 1. The Kier molecular flexibility index (Phi) is 13.0. The van der Waals surface area contributed by atoms with Crippen LogP contribution < -0.4 is 11.4 Å². The molecular weight excluding hydrogens is 512 g/mol. The average molecular weight is 541 g/mol. The van der Waals surface area contributed by atoms with Gasteiger partial charge in [0.15, 0.2) is 0 Å². The Morgan fingerprint density at radius 2 is 1.49 bits per heavy atom. The first kappa shape index (κ1) is 30.3. The number of carbonyl (C=O) groups is 1. The number of nitrogens with zero attached hydrogens (tertiary/aromatic N) is 2. The molecule has 0 atom stereocenters. The number of aromatic nitrogens is 2. The van der Waals surface area contributed by atoms with Crippen LogP contribution in [0.2, 0.25) is 0 Å². The summed E-state index contributed by atoms with van der Waals surface area (Å²) in [6.45, 7) is 4.13. The molecule has 0 bridgehead atoms. The van der Waals surface area contributed by atoms with Crippen molar-refractivity contribution in [3.8, 4) is 17.3 Å².